The molecular formula is C15H16ClN5O2. The maximum atomic E-state index is 12.0. The second kappa shape index (κ2) is 6.37. The standard InChI is InChI=1S/C15H16ClN5O2/c1-9(13-20-19-12-7-4-8-21(12)13)17-14(22)15(23)18-11-6-3-2-5-10(11)16/h2-3,5-6,9H,4,7-8H2,1H3,(H,17,22)(H,18,23)/t9-/m0/s1. The molecule has 0 saturated carbocycles. The SMILES string of the molecule is C[C@H](NC(=O)C(=O)Nc1ccccc1Cl)c1nnc2n1CCC2. The summed E-state index contributed by atoms with van der Waals surface area (Å²) >= 11 is 5.96. The predicted octanol–water partition coefficient (Wildman–Crippen LogP) is 1.69. The highest BCUT2D eigenvalue weighted by Gasteiger charge is 2.24. The zero-order valence-corrected chi connectivity index (χ0v) is 13.3. The molecular weight excluding hydrogens is 318 g/mol. The van der Waals surface area contributed by atoms with E-state index in [0.29, 0.717) is 16.5 Å². The van der Waals surface area contributed by atoms with Crippen LogP contribution in [0.5, 0.6) is 0 Å². The highest BCUT2D eigenvalue weighted by atomic mass is 35.5. The number of hydrogen-bond acceptors (Lipinski definition) is 4. The van der Waals surface area contributed by atoms with Crippen LogP contribution in [0.1, 0.15) is 31.0 Å². The predicted molar refractivity (Wildman–Crippen MR) is 85.0 cm³/mol. The van der Waals surface area contributed by atoms with E-state index in [1.807, 2.05) is 4.57 Å². The van der Waals surface area contributed by atoms with Crippen LogP contribution < -0.4 is 10.6 Å². The van der Waals surface area contributed by atoms with E-state index in [9.17, 15) is 9.59 Å². The van der Waals surface area contributed by atoms with Crippen molar-refractivity contribution in [2.24, 2.45) is 0 Å². The van der Waals surface area contributed by atoms with Crippen molar-refractivity contribution in [1.29, 1.82) is 0 Å². The van der Waals surface area contributed by atoms with Crippen molar-refractivity contribution in [3.05, 3.63) is 40.9 Å². The number of amides is 2. The summed E-state index contributed by atoms with van der Waals surface area (Å²) in [4.78, 5) is 24.0. The minimum absolute atomic E-state index is 0.372. The molecule has 1 aromatic carbocycles. The van der Waals surface area contributed by atoms with Crippen LogP contribution in [0.4, 0.5) is 5.69 Å². The number of rotatable bonds is 3. The summed E-state index contributed by atoms with van der Waals surface area (Å²) in [5.41, 5.74) is 0.394. The fourth-order valence-electron chi connectivity index (χ4n) is 2.56. The number of halogens is 1. The first kappa shape index (κ1) is 15.5. The first-order valence-corrected chi connectivity index (χ1v) is 7.72. The number of carbonyl (C=O) groups is 2. The van der Waals surface area contributed by atoms with Gasteiger partial charge in [0.2, 0.25) is 0 Å². The summed E-state index contributed by atoms with van der Waals surface area (Å²) < 4.78 is 1.98. The van der Waals surface area contributed by atoms with Gasteiger partial charge in [0.25, 0.3) is 0 Å². The van der Waals surface area contributed by atoms with Gasteiger partial charge >= 0.3 is 11.8 Å². The largest absolute Gasteiger partial charge is 0.338 e. The molecule has 7 nitrogen and oxygen atoms in total. The van der Waals surface area contributed by atoms with E-state index in [0.717, 1.165) is 25.2 Å². The molecule has 0 unspecified atom stereocenters. The van der Waals surface area contributed by atoms with Crippen LogP contribution in [0, 0.1) is 0 Å². The number of anilines is 1. The summed E-state index contributed by atoms with van der Waals surface area (Å²) in [5.74, 6) is 0.0666. The van der Waals surface area contributed by atoms with Crippen LogP contribution in [-0.2, 0) is 22.6 Å². The number of nitrogens with one attached hydrogen (secondary N) is 2. The van der Waals surface area contributed by atoms with E-state index >= 15 is 0 Å². The maximum Gasteiger partial charge on any atom is 0.313 e. The summed E-state index contributed by atoms with van der Waals surface area (Å²) in [6.45, 7) is 2.61. The molecule has 120 valence electrons. The topological polar surface area (TPSA) is 88.9 Å². The van der Waals surface area contributed by atoms with Crippen LogP contribution in [0.2, 0.25) is 5.02 Å². The van der Waals surface area contributed by atoms with Crippen molar-refractivity contribution in [3.8, 4) is 0 Å². The number of nitrogens with zero attached hydrogens (tertiary/aromatic N) is 3. The van der Waals surface area contributed by atoms with Crippen molar-refractivity contribution in [1.82, 2.24) is 20.1 Å². The van der Waals surface area contributed by atoms with Gasteiger partial charge in [-0.1, -0.05) is 23.7 Å². The molecule has 0 radical (unpaired) electrons. The van der Waals surface area contributed by atoms with Gasteiger partial charge in [-0.25, -0.2) is 0 Å². The lowest BCUT2D eigenvalue weighted by atomic mass is 10.3. The van der Waals surface area contributed by atoms with Crippen LogP contribution >= 0.6 is 11.6 Å². The molecule has 2 amide bonds. The average molecular weight is 334 g/mol. The van der Waals surface area contributed by atoms with E-state index in [4.69, 9.17) is 11.6 Å². The lowest BCUT2D eigenvalue weighted by Crippen LogP contribution is -2.37. The minimum Gasteiger partial charge on any atom is -0.338 e. The zero-order chi connectivity index (χ0) is 16.4. The van der Waals surface area contributed by atoms with Crippen molar-refractivity contribution < 1.29 is 9.59 Å². The second-order valence-corrected chi connectivity index (χ2v) is 5.77. The van der Waals surface area contributed by atoms with Crippen LogP contribution in [0.15, 0.2) is 24.3 Å². The molecule has 2 aromatic rings. The van der Waals surface area contributed by atoms with Crippen LogP contribution in [-0.4, -0.2) is 26.6 Å². The number of benzene rings is 1. The Morgan fingerprint density at radius 3 is 2.83 bits per heavy atom. The van der Waals surface area contributed by atoms with Crippen molar-refractivity contribution in [2.45, 2.75) is 32.4 Å². The average Bonchev–Trinajstić information content (AvgIpc) is 3.12. The van der Waals surface area contributed by atoms with Gasteiger partial charge in [-0.3, -0.25) is 9.59 Å². The number of hydrogen-bond donors (Lipinski definition) is 2. The van der Waals surface area contributed by atoms with E-state index in [2.05, 4.69) is 20.8 Å². The Labute approximate surface area is 138 Å². The molecule has 1 aliphatic rings. The fraction of sp³-hybridized carbons (Fsp3) is 0.333. The van der Waals surface area contributed by atoms with E-state index in [1.165, 1.54) is 0 Å². The van der Waals surface area contributed by atoms with Gasteiger partial charge in [-0.05, 0) is 25.5 Å². The maximum absolute atomic E-state index is 12.0. The van der Waals surface area contributed by atoms with Crippen LogP contribution in [0.3, 0.4) is 0 Å². The monoisotopic (exact) mass is 333 g/mol. The molecule has 1 aromatic heterocycles. The smallest absolute Gasteiger partial charge is 0.313 e. The van der Waals surface area contributed by atoms with Gasteiger partial charge in [-0.2, -0.15) is 0 Å². The van der Waals surface area contributed by atoms with Gasteiger partial charge in [0, 0.05) is 13.0 Å². The zero-order valence-electron chi connectivity index (χ0n) is 12.5. The molecule has 1 atom stereocenters. The molecule has 0 spiro atoms. The highest BCUT2D eigenvalue weighted by Crippen LogP contribution is 2.21. The normalized spacial score (nSPS) is 14.2. The van der Waals surface area contributed by atoms with Crippen LogP contribution in [0.25, 0.3) is 0 Å². The Kier molecular flexibility index (Phi) is 4.29. The Balaban J connectivity index is 1.64. The minimum atomic E-state index is -0.772. The third-order valence-electron chi connectivity index (χ3n) is 3.70. The van der Waals surface area contributed by atoms with E-state index in [-0.39, 0.29) is 0 Å². The second-order valence-electron chi connectivity index (χ2n) is 5.36. The summed E-state index contributed by atoms with van der Waals surface area (Å²) in [6.07, 6.45) is 1.91. The lowest BCUT2D eigenvalue weighted by Gasteiger charge is -2.14. The first-order chi connectivity index (χ1) is 11.1. The molecule has 1 aliphatic heterocycles. The molecule has 0 aliphatic carbocycles. The molecule has 0 bridgehead atoms. The fourth-order valence-corrected chi connectivity index (χ4v) is 2.74. The van der Waals surface area contributed by atoms with Gasteiger partial charge in [0.05, 0.1) is 16.8 Å². The van der Waals surface area contributed by atoms with Gasteiger partial charge in [0.1, 0.15) is 5.82 Å². The Hall–Kier alpha value is -2.41. The molecule has 2 heterocycles. The van der Waals surface area contributed by atoms with Crippen molar-refractivity contribution in [3.63, 3.8) is 0 Å². The van der Waals surface area contributed by atoms with E-state index < -0.39 is 17.9 Å². The lowest BCUT2D eigenvalue weighted by molar-refractivity contribution is -0.136. The van der Waals surface area contributed by atoms with Gasteiger partial charge < -0.3 is 15.2 Å². The number of fused-ring (bicyclic) bond motifs is 1. The van der Waals surface area contributed by atoms with Gasteiger partial charge in [0.15, 0.2) is 5.82 Å². The number of aryl methyl sites for hydroxylation is 1. The van der Waals surface area contributed by atoms with E-state index in [1.54, 1.807) is 31.2 Å². The summed E-state index contributed by atoms with van der Waals surface area (Å²) in [6, 6.07) is 6.33. The third-order valence-corrected chi connectivity index (χ3v) is 4.03. The first-order valence-electron chi connectivity index (χ1n) is 7.34. The number of para-hydroxylation sites is 1. The molecule has 0 fully saturated rings. The molecule has 2 N–H and O–H groups in total. The molecule has 3 rings (SSSR count). The summed E-state index contributed by atoms with van der Waals surface area (Å²) in [7, 11) is 0. The summed E-state index contributed by atoms with van der Waals surface area (Å²) in [5, 5.41) is 13.7. The quantitative estimate of drug-likeness (QED) is 0.837. The Morgan fingerprint density at radius 1 is 1.26 bits per heavy atom. The Bertz CT molecular complexity index is 758. The third kappa shape index (κ3) is 3.19. The van der Waals surface area contributed by atoms with Crippen molar-refractivity contribution >= 4 is 29.1 Å². The number of carbonyl (C=O) groups excluding carboxylic acids is 2. The van der Waals surface area contributed by atoms with Gasteiger partial charge in [-0.15, -0.1) is 10.2 Å². The Morgan fingerprint density at radius 2 is 2.04 bits per heavy atom. The molecule has 0 saturated heterocycles. The molecule has 8 heteroatoms. The van der Waals surface area contributed by atoms with Crippen molar-refractivity contribution in [2.75, 3.05) is 5.32 Å². The molecule has 23 heavy (non-hydrogen) atoms. The highest BCUT2D eigenvalue weighted by molar-refractivity contribution is 6.41. The number of aromatic nitrogens is 3.